The molecular formula is C17H21ClN2O3. The Morgan fingerprint density at radius 2 is 2.30 bits per heavy atom. The van der Waals surface area contributed by atoms with Gasteiger partial charge in [0.25, 0.3) is 0 Å². The van der Waals surface area contributed by atoms with Gasteiger partial charge in [-0.2, -0.15) is 0 Å². The number of aromatic nitrogens is 2. The number of aryl methyl sites for hydroxylation is 1. The number of carbonyl (C=O) groups is 1. The molecule has 1 aliphatic rings. The maximum atomic E-state index is 10.6. The molecular weight excluding hydrogens is 316 g/mol. The number of rotatable bonds is 7. The number of nitrogens with zero attached hydrogens (tertiary/aromatic N) is 2. The van der Waals surface area contributed by atoms with Gasteiger partial charge < -0.3 is 14.4 Å². The predicted molar refractivity (Wildman–Crippen MR) is 88.9 cm³/mol. The highest BCUT2D eigenvalue weighted by atomic mass is 35.5. The van der Waals surface area contributed by atoms with Gasteiger partial charge in [-0.05, 0) is 43.9 Å². The third-order valence-electron chi connectivity index (χ3n) is 4.24. The van der Waals surface area contributed by atoms with E-state index < -0.39 is 5.97 Å². The zero-order valence-electron chi connectivity index (χ0n) is 13.0. The first kappa shape index (κ1) is 16.3. The van der Waals surface area contributed by atoms with Crippen molar-refractivity contribution in [2.45, 2.75) is 51.2 Å². The van der Waals surface area contributed by atoms with E-state index in [2.05, 4.69) is 4.57 Å². The lowest BCUT2D eigenvalue weighted by Gasteiger charge is -2.14. The molecule has 1 fully saturated rings. The third kappa shape index (κ3) is 4.03. The first-order valence-corrected chi connectivity index (χ1v) is 8.49. The lowest BCUT2D eigenvalue weighted by Crippen LogP contribution is -2.17. The van der Waals surface area contributed by atoms with E-state index in [-0.39, 0.29) is 12.5 Å². The SMILES string of the molecule is O=C(O)CCCCc1nc2cc(Cl)ccc2n1C[C@@H]1CCCO1. The highest BCUT2D eigenvalue weighted by molar-refractivity contribution is 6.31. The van der Waals surface area contributed by atoms with Gasteiger partial charge in [0.05, 0.1) is 23.7 Å². The van der Waals surface area contributed by atoms with E-state index in [0.717, 1.165) is 55.7 Å². The van der Waals surface area contributed by atoms with Crippen molar-refractivity contribution in [1.82, 2.24) is 9.55 Å². The van der Waals surface area contributed by atoms with E-state index in [1.165, 1.54) is 0 Å². The van der Waals surface area contributed by atoms with Crippen molar-refractivity contribution in [2.24, 2.45) is 0 Å². The van der Waals surface area contributed by atoms with Crippen LogP contribution in [-0.2, 0) is 22.5 Å². The van der Waals surface area contributed by atoms with Crippen LogP contribution in [0.4, 0.5) is 0 Å². The summed E-state index contributed by atoms with van der Waals surface area (Å²) in [4.78, 5) is 15.3. The number of unbranched alkanes of at least 4 members (excludes halogenated alkanes) is 1. The number of hydrogen-bond acceptors (Lipinski definition) is 3. The van der Waals surface area contributed by atoms with E-state index >= 15 is 0 Å². The molecule has 3 rings (SSSR count). The van der Waals surface area contributed by atoms with Gasteiger partial charge in [-0.3, -0.25) is 4.79 Å². The molecule has 1 aromatic heterocycles. The second-order valence-electron chi connectivity index (χ2n) is 6.01. The topological polar surface area (TPSA) is 64.3 Å². The molecule has 1 aromatic carbocycles. The van der Waals surface area contributed by atoms with E-state index in [1.54, 1.807) is 0 Å². The number of aliphatic carboxylic acids is 1. The smallest absolute Gasteiger partial charge is 0.303 e. The normalized spacial score (nSPS) is 17.9. The predicted octanol–water partition coefficient (Wildman–Crippen LogP) is 3.67. The molecule has 0 bridgehead atoms. The van der Waals surface area contributed by atoms with Gasteiger partial charge in [0.1, 0.15) is 5.82 Å². The molecule has 5 nitrogen and oxygen atoms in total. The summed E-state index contributed by atoms with van der Waals surface area (Å²) in [7, 11) is 0. The number of benzene rings is 1. The maximum Gasteiger partial charge on any atom is 0.303 e. The van der Waals surface area contributed by atoms with Gasteiger partial charge in [-0.25, -0.2) is 4.98 Å². The second-order valence-corrected chi connectivity index (χ2v) is 6.44. The zero-order valence-corrected chi connectivity index (χ0v) is 13.8. The third-order valence-corrected chi connectivity index (χ3v) is 4.48. The van der Waals surface area contributed by atoms with Crippen LogP contribution in [0.25, 0.3) is 11.0 Å². The Morgan fingerprint density at radius 1 is 1.43 bits per heavy atom. The number of carboxylic acids is 1. The molecule has 2 heterocycles. The average molecular weight is 337 g/mol. The summed E-state index contributed by atoms with van der Waals surface area (Å²) in [6.07, 6.45) is 4.88. The first-order chi connectivity index (χ1) is 11.1. The van der Waals surface area contributed by atoms with Crippen LogP contribution in [-0.4, -0.2) is 33.3 Å². The summed E-state index contributed by atoms with van der Waals surface area (Å²) in [5.74, 6) is 0.243. The molecule has 1 aliphatic heterocycles. The summed E-state index contributed by atoms with van der Waals surface area (Å²) in [5, 5.41) is 9.43. The Morgan fingerprint density at radius 3 is 3.04 bits per heavy atom. The number of hydrogen-bond donors (Lipinski definition) is 1. The van der Waals surface area contributed by atoms with Crippen molar-refractivity contribution >= 4 is 28.6 Å². The molecule has 1 saturated heterocycles. The average Bonchev–Trinajstić information content (AvgIpc) is 3.12. The fraction of sp³-hybridized carbons (Fsp3) is 0.529. The molecule has 2 aromatic rings. The number of halogens is 1. The monoisotopic (exact) mass is 336 g/mol. The van der Waals surface area contributed by atoms with Crippen molar-refractivity contribution in [1.29, 1.82) is 0 Å². The van der Waals surface area contributed by atoms with Crippen molar-refractivity contribution in [3.8, 4) is 0 Å². The van der Waals surface area contributed by atoms with Crippen LogP contribution < -0.4 is 0 Å². The molecule has 0 unspecified atom stereocenters. The van der Waals surface area contributed by atoms with Gasteiger partial charge in [0.2, 0.25) is 0 Å². The van der Waals surface area contributed by atoms with Crippen molar-refractivity contribution in [3.05, 3.63) is 29.0 Å². The zero-order chi connectivity index (χ0) is 16.2. The van der Waals surface area contributed by atoms with Gasteiger partial charge in [0.15, 0.2) is 0 Å². The Balaban J connectivity index is 1.80. The Bertz CT molecular complexity index is 692. The minimum Gasteiger partial charge on any atom is -0.481 e. The molecule has 0 saturated carbocycles. The standard InChI is InChI=1S/C17H21ClN2O3/c18-12-7-8-15-14(10-12)19-16(5-1-2-6-17(21)22)20(15)11-13-4-3-9-23-13/h7-8,10,13H,1-6,9,11H2,(H,21,22)/t13-/m0/s1. The van der Waals surface area contributed by atoms with Crippen LogP contribution in [0.2, 0.25) is 5.02 Å². The van der Waals surface area contributed by atoms with Crippen molar-refractivity contribution in [2.75, 3.05) is 6.61 Å². The van der Waals surface area contributed by atoms with Crippen LogP contribution in [0.15, 0.2) is 18.2 Å². The Hall–Kier alpha value is -1.59. The lowest BCUT2D eigenvalue weighted by atomic mass is 10.2. The Labute approximate surface area is 140 Å². The fourth-order valence-electron chi connectivity index (χ4n) is 3.10. The van der Waals surface area contributed by atoms with Gasteiger partial charge in [-0.1, -0.05) is 11.6 Å². The van der Waals surface area contributed by atoms with E-state index in [9.17, 15) is 4.79 Å². The number of fused-ring (bicyclic) bond motifs is 1. The van der Waals surface area contributed by atoms with Crippen LogP contribution in [0, 0.1) is 0 Å². The van der Waals surface area contributed by atoms with E-state index in [0.29, 0.717) is 11.4 Å². The van der Waals surface area contributed by atoms with Crippen LogP contribution in [0.1, 0.15) is 37.9 Å². The summed E-state index contributed by atoms with van der Waals surface area (Å²) < 4.78 is 7.97. The maximum absolute atomic E-state index is 10.6. The van der Waals surface area contributed by atoms with E-state index in [4.69, 9.17) is 26.4 Å². The van der Waals surface area contributed by atoms with Crippen LogP contribution in [0.5, 0.6) is 0 Å². The quantitative estimate of drug-likeness (QED) is 0.783. The summed E-state index contributed by atoms with van der Waals surface area (Å²) in [5.41, 5.74) is 1.96. The molecule has 0 radical (unpaired) electrons. The number of carboxylic acid groups (broad SMARTS) is 1. The van der Waals surface area contributed by atoms with Crippen molar-refractivity contribution < 1.29 is 14.6 Å². The lowest BCUT2D eigenvalue weighted by molar-refractivity contribution is -0.137. The molecule has 23 heavy (non-hydrogen) atoms. The highest BCUT2D eigenvalue weighted by Gasteiger charge is 2.19. The highest BCUT2D eigenvalue weighted by Crippen LogP contribution is 2.24. The Kier molecular flexibility index (Phi) is 5.18. The fourth-order valence-corrected chi connectivity index (χ4v) is 3.27. The molecule has 1 atom stereocenters. The molecule has 0 aliphatic carbocycles. The van der Waals surface area contributed by atoms with Gasteiger partial charge in [0, 0.05) is 24.5 Å². The van der Waals surface area contributed by atoms with Gasteiger partial charge in [-0.15, -0.1) is 0 Å². The molecule has 124 valence electrons. The summed E-state index contributed by atoms with van der Waals surface area (Å²) in [6.45, 7) is 1.63. The van der Waals surface area contributed by atoms with E-state index in [1.807, 2.05) is 18.2 Å². The summed E-state index contributed by atoms with van der Waals surface area (Å²) in [6, 6.07) is 5.76. The molecule has 0 spiro atoms. The van der Waals surface area contributed by atoms with Crippen LogP contribution in [0.3, 0.4) is 0 Å². The minimum absolute atomic E-state index is 0.206. The minimum atomic E-state index is -0.746. The summed E-state index contributed by atoms with van der Waals surface area (Å²) >= 11 is 6.07. The van der Waals surface area contributed by atoms with Crippen LogP contribution >= 0.6 is 11.6 Å². The number of imidazole rings is 1. The molecule has 0 amide bonds. The second kappa shape index (κ2) is 7.32. The number of ether oxygens (including phenoxy) is 1. The van der Waals surface area contributed by atoms with Gasteiger partial charge >= 0.3 is 5.97 Å². The molecule has 6 heteroatoms. The van der Waals surface area contributed by atoms with Crippen molar-refractivity contribution in [3.63, 3.8) is 0 Å². The first-order valence-electron chi connectivity index (χ1n) is 8.11. The molecule has 1 N–H and O–H groups in total. The largest absolute Gasteiger partial charge is 0.481 e.